The summed E-state index contributed by atoms with van der Waals surface area (Å²) in [6, 6.07) is 1.93. The fourth-order valence-corrected chi connectivity index (χ4v) is 1.81. The Balaban J connectivity index is 2.79. The number of rotatable bonds is 4. The van der Waals surface area contributed by atoms with Gasteiger partial charge in [-0.15, -0.1) is 0 Å². The molecule has 0 spiro atoms. The highest BCUT2D eigenvalue weighted by atomic mass is 32.1. The van der Waals surface area contributed by atoms with Crippen molar-refractivity contribution in [2.75, 3.05) is 18.0 Å². The fraction of sp³-hybridized carbons (Fsp3) is 0.625. The van der Waals surface area contributed by atoms with E-state index in [9.17, 15) is 13.2 Å². The van der Waals surface area contributed by atoms with Gasteiger partial charge in [-0.3, -0.25) is 0 Å². The summed E-state index contributed by atoms with van der Waals surface area (Å²) in [4.78, 5) is 5.00. The molecule has 0 saturated heterocycles. The van der Waals surface area contributed by atoms with Gasteiger partial charge in [0.15, 0.2) is 0 Å². The van der Waals surface area contributed by atoms with Crippen LogP contribution in [0.5, 0.6) is 0 Å². The molecule has 88 valence electrons. The first-order valence-electron chi connectivity index (χ1n) is 4.51. The number of nitriles is 1. The third-order valence-corrected chi connectivity index (χ3v) is 2.59. The van der Waals surface area contributed by atoms with Gasteiger partial charge in [-0.25, -0.2) is 0 Å². The lowest BCUT2D eigenvalue weighted by atomic mass is 10.4. The van der Waals surface area contributed by atoms with E-state index in [4.69, 9.17) is 5.26 Å². The maximum Gasteiger partial charge on any atom is 0.452 e. The number of nitrogens with zero attached hydrogens (tertiary/aromatic N) is 4. The van der Waals surface area contributed by atoms with E-state index >= 15 is 0 Å². The van der Waals surface area contributed by atoms with Crippen molar-refractivity contribution in [3.8, 4) is 6.07 Å². The molecule has 1 aromatic heterocycles. The predicted molar refractivity (Wildman–Crippen MR) is 53.0 cm³/mol. The summed E-state index contributed by atoms with van der Waals surface area (Å²) in [5, 5.41) is 8.60. The minimum atomic E-state index is -4.51. The lowest BCUT2D eigenvalue weighted by Crippen LogP contribution is -2.23. The van der Waals surface area contributed by atoms with Crippen molar-refractivity contribution in [1.82, 2.24) is 9.36 Å². The van der Waals surface area contributed by atoms with Gasteiger partial charge in [-0.1, -0.05) is 0 Å². The standard InChI is InChI=1S/C8H9F3N4S/c1-2-15(5-3-4-12)7-13-6(14-16-7)8(9,10)11/h2-3,5H2,1H3. The second-order valence-corrected chi connectivity index (χ2v) is 3.62. The molecule has 0 aliphatic rings. The van der Waals surface area contributed by atoms with Crippen LogP contribution in [0.4, 0.5) is 18.3 Å². The molecule has 0 unspecified atom stereocenters. The molecule has 0 bridgehead atoms. The van der Waals surface area contributed by atoms with Crippen molar-refractivity contribution in [3.63, 3.8) is 0 Å². The third-order valence-electron chi connectivity index (χ3n) is 1.81. The highest BCUT2D eigenvalue weighted by Gasteiger charge is 2.36. The van der Waals surface area contributed by atoms with Gasteiger partial charge in [0.05, 0.1) is 12.5 Å². The Morgan fingerprint density at radius 2 is 2.19 bits per heavy atom. The summed E-state index contributed by atoms with van der Waals surface area (Å²) in [6.45, 7) is 2.64. The van der Waals surface area contributed by atoms with Gasteiger partial charge >= 0.3 is 6.18 Å². The summed E-state index contributed by atoms with van der Waals surface area (Å²) >= 11 is 0.695. The van der Waals surface area contributed by atoms with Crippen molar-refractivity contribution in [2.24, 2.45) is 0 Å². The summed E-state index contributed by atoms with van der Waals surface area (Å²) in [6.07, 6.45) is -4.27. The maximum absolute atomic E-state index is 12.2. The number of hydrogen-bond donors (Lipinski definition) is 0. The van der Waals surface area contributed by atoms with E-state index in [-0.39, 0.29) is 11.6 Å². The van der Waals surface area contributed by atoms with Crippen LogP contribution in [-0.4, -0.2) is 22.4 Å². The lowest BCUT2D eigenvalue weighted by molar-refractivity contribution is -0.144. The van der Waals surface area contributed by atoms with Crippen molar-refractivity contribution in [3.05, 3.63) is 5.82 Å². The van der Waals surface area contributed by atoms with E-state index < -0.39 is 12.0 Å². The molecule has 1 rings (SSSR count). The van der Waals surface area contributed by atoms with Crippen LogP contribution >= 0.6 is 11.5 Å². The second kappa shape index (κ2) is 5.12. The molecular weight excluding hydrogens is 241 g/mol. The van der Waals surface area contributed by atoms with Crippen LogP contribution in [0.3, 0.4) is 0 Å². The average molecular weight is 250 g/mol. The van der Waals surface area contributed by atoms with Crippen molar-refractivity contribution >= 4 is 16.7 Å². The third kappa shape index (κ3) is 3.06. The number of hydrogen-bond acceptors (Lipinski definition) is 5. The first-order chi connectivity index (χ1) is 7.49. The molecule has 0 N–H and O–H groups in total. The van der Waals surface area contributed by atoms with E-state index in [1.807, 2.05) is 6.07 Å². The summed E-state index contributed by atoms with van der Waals surface area (Å²) in [7, 11) is 0. The maximum atomic E-state index is 12.2. The molecule has 0 saturated carbocycles. The second-order valence-electron chi connectivity index (χ2n) is 2.89. The molecule has 0 radical (unpaired) electrons. The Bertz CT molecular complexity index is 381. The Hall–Kier alpha value is -1.36. The lowest BCUT2D eigenvalue weighted by Gasteiger charge is -2.16. The van der Waals surface area contributed by atoms with Crippen LogP contribution in [0.25, 0.3) is 0 Å². The van der Waals surface area contributed by atoms with Crippen molar-refractivity contribution < 1.29 is 13.2 Å². The normalized spacial score (nSPS) is 11.2. The van der Waals surface area contributed by atoms with Crippen molar-refractivity contribution in [2.45, 2.75) is 19.5 Å². The zero-order valence-electron chi connectivity index (χ0n) is 8.45. The molecule has 16 heavy (non-hydrogen) atoms. The summed E-state index contributed by atoms with van der Waals surface area (Å²) < 4.78 is 39.9. The van der Waals surface area contributed by atoms with Gasteiger partial charge in [-0.05, 0) is 6.92 Å². The van der Waals surface area contributed by atoms with Gasteiger partial charge in [0.2, 0.25) is 11.0 Å². The van der Waals surface area contributed by atoms with Crippen LogP contribution in [0, 0.1) is 11.3 Å². The van der Waals surface area contributed by atoms with Gasteiger partial charge in [0, 0.05) is 24.6 Å². The molecule has 1 aromatic rings. The SMILES string of the molecule is CCN(CCC#N)c1nc(C(F)(F)F)ns1. The van der Waals surface area contributed by atoms with Gasteiger partial charge < -0.3 is 4.90 Å². The number of anilines is 1. The molecule has 0 aliphatic carbocycles. The topological polar surface area (TPSA) is 52.8 Å². The van der Waals surface area contributed by atoms with Crippen LogP contribution in [-0.2, 0) is 6.18 Å². The van der Waals surface area contributed by atoms with E-state index in [1.165, 1.54) is 0 Å². The monoisotopic (exact) mass is 250 g/mol. The molecular formula is C8H9F3N4S. The molecule has 0 atom stereocenters. The first kappa shape index (κ1) is 12.7. The molecule has 4 nitrogen and oxygen atoms in total. The van der Waals surface area contributed by atoms with E-state index in [0.29, 0.717) is 24.6 Å². The molecule has 1 heterocycles. The quantitative estimate of drug-likeness (QED) is 0.822. The number of halogens is 3. The van der Waals surface area contributed by atoms with Gasteiger partial charge in [0.1, 0.15) is 0 Å². The molecule has 0 fully saturated rings. The summed E-state index contributed by atoms with van der Waals surface area (Å²) in [5.74, 6) is -1.12. The van der Waals surface area contributed by atoms with Crippen LogP contribution in [0.2, 0.25) is 0 Å². The van der Waals surface area contributed by atoms with Crippen LogP contribution in [0.1, 0.15) is 19.2 Å². The zero-order chi connectivity index (χ0) is 12.2. The highest BCUT2D eigenvalue weighted by Crippen LogP contribution is 2.30. The van der Waals surface area contributed by atoms with E-state index in [1.54, 1.807) is 11.8 Å². The number of alkyl halides is 3. The zero-order valence-corrected chi connectivity index (χ0v) is 9.27. The Labute approximate surface area is 94.5 Å². The minimum absolute atomic E-state index is 0.199. The van der Waals surface area contributed by atoms with Crippen molar-refractivity contribution in [1.29, 1.82) is 5.26 Å². The summed E-state index contributed by atoms with van der Waals surface area (Å²) in [5.41, 5.74) is 0. The first-order valence-corrected chi connectivity index (χ1v) is 5.29. The molecule has 8 heteroatoms. The molecule has 0 amide bonds. The van der Waals surface area contributed by atoms with Crippen LogP contribution in [0.15, 0.2) is 0 Å². The predicted octanol–water partition coefficient (Wildman–Crippen LogP) is 2.30. The average Bonchev–Trinajstić information content (AvgIpc) is 2.68. The Morgan fingerprint density at radius 3 is 2.62 bits per heavy atom. The van der Waals surface area contributed by atoms with Crippen LogP contribution < -0.4 is 4.90 Å². The highest BCUT2D eigenvalue weighted by molar-refractivity contribution is 7.09. The number of aromatic nitrogens is 2. The van der Waals surface area contributed by atoms with E-state index in [2.05, 4.69) is 9.36 Å². The Morgan fingerprint density at radius 1 is 1.50 bits per heavy atom. The van der Waals surface area contributed by atoms with E-state index in [0.717, 1.165) is 0 Å². The smallest absolute Gasteiger partial charge is 0.346 e. The van der Waals surface area contributed by atoms with Gasteiger partial charge in [0.25, 0.3) is 0 Å². The Kier molecular flexibility index (Phi) is 4.06. The largest absolute Gasteiger partial charge is 0.452 e. The molecule has 0 aromatic carbocycles. The fourth-order valence-electron chi connectivity index (χ4n) is 1.03. The minimum Gasteiger partial charge on any atom is -0.346 e. The van der Waals surface area contributed by atoms with Gasteiger partial charge in [-0.2, -0.15) is 27.8 Å². The molecule has 0 aliphatic heterocycles.